The topological polar surface area (TPSA) is 3.24 Å². The van der Waals surface area contributed by atoms with E-state index in [1.807, 2.05) is 0 Å². The van der Waals surface area contributed by atoms with Crippen molar-refractivity contribution in [3.8, 4) is 0 Å². The summed E-state index contributed by atoms with van der Waals surface area (Å²) in [5.74, 6) is 1.36. The highest BCUT2D eigenvalue weighted by Gasteiger charge is 2.12. The lowest BCUT2D eigenvalue weighted by Crippen LogP contribution is -2.25. The minimum absolute atomic E-state index is 0.484. The Kier molecular flexibility index (Phi) is 5.49. The smallest absolute Gasteiger partial charge is 0.0230 e. The fourth-order valence-electron chi connectivity index (χ4n) is 2.33. The summed E-state index contributed by atoms with van der Waals surface area (Å²) in [5, 5.41) is 0. The van der Waals surface area contributed by atoms with E-state index in [9.17, 15) is 0 Å². The van der Waals surface area contributed by atoms with Gasteiger partial charge in [-0.05, 0) is 23.9 Å². The third-order valence-corrected chi connectivity index (χ3v) is 3.76. The highest BCUT2D eigenvalue weighted by Crippen LogP contribution is 2.18. The SMILES string of the molecule is CN(Cc1ccccc1)CC(CS)c1ccccc1. The van der Waals surface area contributed by atoms with Crippen LogP contribution in [0.1, 0.15) is 17.0 Å². The molecule has 0 fully saturated rings. The van der Waals surface area contributed by atoms with Gasteiger partial charge in [-0.1, -0.05) is 60.7 Å². The fourth-order valence-corrected chi connectivity index (χ4v) is 2.66. The van der Waals surface area contributed by atoms with Crippen molar-refractivity contribution in [2.45, 2.75) is 12.5 Å². The number of nitrogens with zero attached hydrogens (tertiary/aromatic N) is 1. The zero-order valence-corrected chi connectivity index (χ0v) is 12.3. The Morgan fingerprint density at radius 2 is 1.53 bits per heavy atom. The molecule has 0 saturated heterocycles. The molecule has 0 aliphatic carbocycles. The van der Waals surface area contributed by atoms with Crippen molar-refractivity contribution in [2.24, 2.45) is 0 Å². The number of benzene rings is 2. The number of likely N-dealkylation sites (N-methyl/N-ethyl adjacent to an activating group) is 1. The van der Waals surface area contributed by atoms with E-state index < -0.39 is 0 Å². The van der Waals surface area contributed by atoms with Crippen LogP contribution >= 0.6 is 12.6 Å². The third kappa shape index (κ3) is 4.41. The molecule has 0 spiro atoms. The molecular formula is C17H21NS. The second-order valence-corrected chi connectivity index (χ2v) is 5.34. The van der Waals surface area contributed by atoms with Crippen molar-refractivity contribution in [1.82, 2.24) is 4.90 Å². The van der Waals surface area contributed by atoms with E-state index in [0.29, 0.717) is 5.92 Å². The standard InChI is InChI=1S/C17H21NS/c1-18(12-15-8-4-2-5-9-15)13-17(14-19)16-10-6-3-7-11-16/h2-11,17,19H,12-14H2,1H3. The Morgan fingerprint density at radius 1 is 0.947 bits per heavy atom. The first-order valence-electron chi connectivity index (χ1n) is 6.68. The van der Waals surface area contributed by atoms with Crippen LogP contribution in [-0.2, 0) is 6.54 Å². The van der Waals surface area contributed by atoms with Crippen LogP contribution in [0.15, 0.2) is 60.7 Å². The number of hydrogen-bond donors (Lipinski definition) is 1. The maximum atomic E-state index is 4.50. The Balaban J connectivity index is 1.95. The van der Waals surface area contributed by atoms with Crippen LogP contribution in [0.4, 0.5) is 0 Å². The predicted octanol–water partition coefficient (Wildman–Crippen LogP) is 3.83. The number of thiol groups is 1. The van der Waals surface area contributed by atoms with Gasteiger partial charge in [-0.3, -0.25) is 0 Å². The third-order valence-electron chi connectivity index (χ3n) is 3.32. The molecule has 0 N–H and O–H groups in total. The Labute approximate surface area is 121 Å². The number of hydrogen-bond acceptors (Lipinski definition) is 2. The molecular weight excluding hydrogens is 250 g/mol. The summed E-state index contributed by atoms with van der Waals surface area (Å²) in [6.45, 7) is 2.01. The van der Waals surface area contributed by atoms with Crippen molar-refractivity contribution in [3.63, 3.8) is 0 Å². The quantitative estimate of drug-likeness (QED) is 0.781. The summed E-state index contributed by atoms with van der Waals surface area (Å²) in [6, 6.07) is 21.2. The van der Waals surface area contributed by atoms with Crippen molar-refractivity contribution in [3.05, 3.63) is 71.8 Å². The largest absolute Gasteiger partial charge is 0.301 e. The van der Waals surface area contributed by atoms with Gasteiger partial charge in [0.2, 0.25) is 0 Å². The first kappa shape index (κ1) is 14.2. The molecule has 0 bridgehead atoms. The fraction of sp³-hybridized carbons (Fsp3) is 0.294. The molecule has 0 amide bonds. The van der Waals surface area contributed by atoms with Crippen LogP contribution in [0.5, 0.6) is 0 Å². The first-order valence-corrected chi connectivity index (χ1v) is 7.31. The van der Waals surface area contributed by atoms with Crippen LogP contribution < -0.4 is 0 Å². The van der Waals surface area contributed by atoms with Gasteiger partial charge >= 0.3 is 0 Å². The van der Waals surface area contributed by atoms with Crippen molar-refractivity contribution >= 4 is 12.6 Å². The molecule has 0 aliphatic rings. The molecule has 2 aromatic carbocycles. The lowest BCUT2D eigenvalue weighted by Gasteiger charge is -2.23. The van der Waals surface area contributed by atoms with Gasteiger partial charge < -0.3 is 4.90 Å². The zero-order valence-electron chi connectivity index (χ0n) is 11.4. The van der Waals surface area contributed by atoms with E-state index in [-0.39, 0.29) is 0 Å². The summed E-state index contributed by atoms with van der Waals surface area (Å²) in [5.41, 5.74) is 2.73. The van der Waals surface area contributed by atoms with E-state index in [0.717, 1.165) is 18.8 Å². The summed E-state index contributed by atoms with van der Waals surface area (Å²) in [7, 11) is 2.17. The summed E-state index contributed by atoms with van der Waals surface area (Å²) < 4.78 is 0. The maximum Gasteiger partial charge on any atom is 0.0230 e. The molecule has 100 valence electrons. The van der Waals surface area contributed by atoms with Gasteiger partial charge in [-0.25, -0.2) is 0 Å². The van der Waals surface area contributed by atoms with Crippen LogP contribution in [0.3, 0.4) is 0 Å². The predicted molar refractivity (Wildman–Crippen MR) is 85.8 cm³/mol. The van der Waals surface area contributed by atoms with Gasteiger partial charge in [0.05, 0.1) is 0 Å². The molecule has 0 aromatic heterocycles. The van der Waals surface area contributed by atoms with E-state index in [1.165, 1.54) is 11.1 Å². The maximum absolute atomic E-state index is 4.50. The molecule has 1 atom stereocenters. The highest BCUT2D eigenvalue weighted by molar-refractivity contribution is 7.80. The molecule has 0 radical (unpaired) electrons. The molecule has 0 heterocycles. The summed E-state index contributed by atoms with van der Waals surface area (Å²) >= 11 is 4.50. The average molecular weight is 271 g/mol. The Bertz CT molecular complexity index is 469. The molecule has 2 rings (SSSR count). The van der Waals surface area contributed by atoms with Gasteiger partial charge in [0.1, 0.15) is 0 Å². The monoisotopic (exact) mass is 271 g/mol. The Hall–Kier alpha value is -1.25. The van der Waals surface area contributed by atoms with Crippen LogP contribution in [0.25, 0.3) is 0 Å². The second-order valence-electron chi connectivity index (χ2n) is 4.97. The Morgan fingerprint density at radius 3 is 2.11 bits per heavy atom. The summed E-state index contributed by atoms with van der Waals surface area (Å²) in [6.07, 6.45) is 0. The molecule has 19 heavy (non-hydrogen) atoms. The molecule has 0 aliphatic heterocycles. The molecule has 2 aromatic rings. The average Bonchev–Trinajstić information content (AvgIpc) is 2.47. The van der Waals surface area contributed by atoms with Crippen molar-refractivity contribution < 1.29 is 0 Å². The van der Waals surface area contributed by atoms with Gasteiger partial charge in [-0.2, -0.15) is 12.6 Å². The summed E-state index contributed by atoms with van der Waals surface area (Å²) in [4.78, 5) is 2.36. The molecule has 2 heteroatoms. The minimum atomic E-state index is 0.484. The van der Waals surface area contributed by atoms with Crippen molar-refractivity contribution in [2.75, 3.05) is 19.3 Å². The highest BCUT2D eigenvalue weighted by atomic mass is 32.1. The van der Waals surface area contributed by atoms with E-state index >= 15 is 0 Å². The van der Waals surface area contributed by atoms with E-state index in [2.05, 4.69) is 85.2 Å². The van der Waals surface area contributed by atoms with Crippen molar-refractivity contribution in [1.29, 1.82) is 0 Å². The van der Waals surface area contributed by atoms with Gasteiger partial charge in [0.25, 0.3) is 0 Å². The zero-order chi connectivity index (χ0) is 13.5. The second kappa shape index (κ2) is 7.37. The molecule has 0 saturated carbocycles. The van der Waals surface area contributed by atoms with Crippen LogP contribution in [-0.4, -0.2) is 24.2 Å². The lowest BCUT2D eigenvalue weighted by molar-refractivity contribution is 0.311. The van der Waals surface area contributed by atoms with E-state index in [1.54, 1.807) is 0 Å². The van der Waals surface area contributed by atoms with E-state index in [4.69, 9.17) is 0 Å². The normalized spacial score (nSPS) is 12.6. The first-order chi connectivity index (χ1) is 9.29. The van der Waals surface area contributed by atoms with Gasteiger partial charge in [0.15, 0.2) is 0 Å². The lowest BCUT2D eigenvalue weighted by atomic mass is 10.0. The molecule has 1 unspecified atom stereocenters. The van der Waals surface area contributed by atoms with Crippen LogP contribution in [0.2, 0.25) is 0 Å². The molecule has 1 nitrogen and oxygen atoms in total. The van der Waals surface area contributed by atoms with Gasteiger partial charge in [0, 0.05) is 19.0 Å². The minimum Gasteiger partial charge on any atom is -0.301 e. The number of rotatable bonds is 6. The van der Waals surface area contributed by atoms with Crippen LogP contribution in [0, 0.1) is 0 Å². The van der Waals surface area contributed by atoms with Gasteiger partial charge in [-0.15, -0.1) is 0 Å².